The Labute approximate surface area is 175 Å². The Balaban J connectivity index is 2.08. The van der Waals surface area contributed by atoms with Crippen LogP contribution in [0.1, 0.15) is 11.1 Å². The molecular formula is C18H12ClF6N3O3. The molecule has 0 saturated carbocycles. The van der Waals surface area contributed by atoms with Crippen LogP contribution in [0.3, 0.4) is 0 Å². The average Bonchev–Trinajstić information content (AvgIpc) is 2.98. The summed E-state index contributed by atoms with van der Waals surface area (Å²) in [6.45, 7) is -1.13. The number of carbonyl (C=O) groups is 1. The number of anilines is 1. The SMILES string of the molecule is O=C1C(C(F)(F)F)CN(Cc2ccc(Cl)cc2)N1c1ccc(C(F)(F)F)cc1[N+](=O)[O-]. The lowest BCUT2D eigenvalue weighted by Crippen LogP contribution is -2.39. The second-order valence-electron chi connectivity index (χ2n) is 6.68. The van der Waals surface area contributed by atoms with Crippen LogP contribution >= 0.6 is 11.6 Å². The largest absolute Gasteiger partial charge is 0.416 e. The molecular weight excluding hydrogens is 456 g/mol. The van der Waals surface area contributed by atoms with Crippen molar-refractivity contribution >= 4 is 28.9 Å². The Bertz CT molecular complexity index is 1010. The number of alkyl halides is 6. The van der Waals surface area contributed by atoms with Crippen LogP contribution in [0.15, 0.2) is 42.5 Å². The van der Waals surface area contributed by atoms with Crippen LogP contribution < -0.4 is 5.01 Å². The van der Waals surface area contributed by atoms with Crippen LogP contribution in [0.2, 0.25) is 5.02 Å². The molecule has 0 aromatic heterocycles. The summed E-state index contributed by atoms with van der Waals surface area (Å²) in [5.41, 5.74) is -2.78. The number of nitrogens with zero attached hydrogens (tertiary/aromatic N) is 3. The van der Waals surface area contributed by atoms with E-state index in [2.05, 4.69) is 0 Å². The summed E-state index contributed by atoms with van der Waals surface area (Å²) in [4.78, 5) is 22.8. The van der Waals surface area contributed by atoms with Gasteiger partial charge in [0.25, 0.3) is 11.6 Å². The number of hydrazine groups is 1. The fourth-order valence-electron chi connectivity index (χ4n) is 3.13. The molecule has 1 unspecified atom stereocenters. The topological polar surface area (TPSA) is 66.7 Å². The third kappa shape index (κ3) is 4.74. The number of halogens is 7. The molecule has 1 amide bonds. The van der Waals surface area contributed by atoms with Gasteiger partial charge in [-0.15, -0.1) is 0 Å². The van der Waals surface area contributed by atoms with Gasteiger partial charge in [-0.1, -0.05) is 23.7 Å². The number of benzene rings is 2. The number of carbonyl (C=O) groups excluding carboxylic acids is 1. The minimum absolute atomic E-state index is 0.185. The maximum absolute atomic E-state index is 13.4. The zero-order valence-corrected chi connectivity index (χ0v) is 16.0. The number of nitro groups is 1. The van der Waals surface area contributed by atoms with Crippen LogP contribution in [0.4, 0.5) is 37.7 Å². The van der Waals surface area contributed by atoms with Crippen molar-refractivity contribution in [2.24, 2.45) is 5.92 Å². The fraction of sp³-hybridized carbons (Fsp3) is 0.278. The van der Waals surface area contributed by atoms with Gasteiger partial charge in [-0.05, 0) is 29.8 Å². The Morgan fingerprint density at radius 3 is 2.19 bits per heavy atom. The molecule has 1 aliphatic rings. The van der Waals surface area contributed by atoms with Crippen molar-refractivity contribution in [1.82, 2.24) is 5.01 Å². The first-order valence-corrected chi connectivity index (χ1v) is 8.92. The van der Waals surface area contributed by atoms with Gasteiger partial charge in [-0.2, -0.15) is 26.3 Å². The molecule has 1 heterocycles. The second kappa shape index (κ2) is 8.00. The third-order valence-corrected chi connectivity index (χ3v) is 4.84. The van der Waals surface area contributed by atoms with Crippen LogP contribution in [0.25, 0.3) is 0 Å². The number of nitro benzene ring substituents is 1. The maximum atomic E-state index is 13.4. The predicted octanol–water partition coefficient (Wildman–Crippen LogP) is 5.21. The maximum Gasteiger partial charge on any atom is 0.416 e. The molecule has 0 aliphatic carbocycles. The molecule has 0 radical (unpaired) electrons. The molecule has 1 saturated heterocycles. The van der Waals surface area contributed by atoms with Gasteiger partial charge in [0, 0.05) is 24.2 Å². The van der Waals surface area contributed by atoms with Crippen LogP contribution in [0, 0.1) is 16.0 Å². The molecule has 166 valence electrons. The van der Waals surface area contributed by atoms with E-state index in [-0.39, 0.29) is 12.6 Å². The zero-order valence-electron chi connectivity index (χ0n) is 15.2. The number of hydrogen-bond donors (Lipinski definition) is 0. The van der Waals surface area contributed by atoms with Gasteiger partial charge >= 0.3 is 12.4 Å². The van der Waals surface area contributed by atoms with E-state index in [1.54, 1.807) is 0 Å². The smallest absolute Gasteiger partial charge is 0.272 e. The number of amides is 1. The summed E-state index contributed by atoms with van der Waals surface area (Å²) in [5.74, 6) is -4.02. The van der Waals surface area contributed by atoms with Crippen molar-refractivity contribution < 1.29 is 36.1 Å². The molecule has 1 atom stereocenters. The zero-order chi connectivity index (χ0) is 23.1. The van der Waals surface area contributed by atoms with Crippen molar-refractivity contribution in [3.05, 3.63) is 68.7 Å². The summed E-state index contributed by atoms with van der Waals surface area (Å²) >= 11 is 5.77. The van der Waals surface area contributed by atoms with Gasteiger partial charge in [-0.25, -0.2) is 10.0 Å². The molecule has 1 fully saturated rings. The summed E-state index contributed by atoms with van der Waals surface area (Å²) in [6.07, 6.45) is -9.87. The van der Waals surface area contributed by atoms with Gasteiger partial charge in [0.05, 0.1) is 10.5 Å². The van der Waals surface area contributed by atoms with E-state index in [0.29, 0.717) is 27.7 Å². The Hall–Kier alpha value is -2.86. The molecule has 6 nitrogen and oxygen atoms in total. The summed E-state index contributed by atoms with van der Waals surface area (Å²) in [5, 5.41) is 13.1. The average molecular weight is 468 g/mol. The fourth-order valence-corrected chi connectivity index (χ4v) is 3.26. The standard InChI is InChI=1S/C18H12ClF6N3O3/c19-12-4-1-10(2-5-12)8-26-9-13(18(23,24)25)16(29)27(26)14-6-3-11(17(20,21)22)7-15(14)28(30)31/h1-7,13H,8-9H2. The third-order valence-electron chi connectivity index (χ3n) is 4.58. The lowest BCUT2D eigenvalue weighted by molar-refractivity contribution is -0.384. The van der Waals surface area contributed by atoms with Crippen LogP contribution in [-0.4, -0.2) is 28.6 Å². The first-order valence-electron chi connectivity index (χ1n) is 8.54. The highest BCUT2D eigenvalue weighted by atomic mass is 35.5. The van der Waals surface area contributed by atoms with Crippen LogP contribution in [-0.2, 0) is 17.5 Å². The minimum Gasteiger partial charge on any atom is -0.272 e. The van der Waals surface area contributed by atoms with Crippen molar-refractivity contribution in [3.63, 3.8) is 0 Å². The van der Waals surface area contributed by atoms with Crippen molar-refractivity contribution in [2.75, 3.05) is 11.6 Å². The molecule has 1 aliphatic heterocycles. The van der Waals surface area contributed by atoms with E-state index in [1.165, 1.54) is 24.3 Å². The molecule has 2 aromatic rings. The lowest BCUT2D eigenvalue weighted by Gasteiger charge is -2.27. The van der Waals surface area contributed by atoms with Gasteiger partial charge in [0.1, 0.15) is 11.6 Å². The minimum atomic E-state index is -4.95. The van der Waals surface area contributed by atoms with E-state index in [1.807, 2.05) is 0 Å². The summed E-state index contributed by atoms with van der Waals surface area (Å²) in [6, 6.07) is 7.15. The van der Waals surface area contributed by atoms with E-state index < -0.39 is 52.6 Å². The molecule has 13 heteroatoms. The highest BCUT2D eigenvalue weighted by Crippen LogP contribution is 2.42. The van der Waals surface area contributed by atoms with Gasteiger partial charge in [0.2, 0.25) is 0 Å². The van der Waals surface area contributed by atoms with Crippen LogP contribution in [0.5, 0.6) is 0 Å². The molecule has 31 heavy (non-hydrogen) atoms. The van der Waals surface area contributed by atoms with E-state index in [9.17, 15) is 41.3 Å². The molecule has 0 bridgehead atoms. The Morgan fingerprint density at radius 2 is 1.68 bits per heavy atom. The van der Waals surface area contributed by atoms with Gasteiger partial charge in [-0.3, -0.25) is 14.9 Å². The highest BCUT2D eigenvalue weighted by Gasteiger charge is 2.54. The van der Waals surface area contributed by atoms with E-state index in [4.69, 9.17) is 11.6 Å². The lowest BCUT2D eigenvalue weighted by atomic mass is 10.1. The molecule has 0 spiro atoms. The van der Waals surface area contributed by atoms with Gasteiger partial charge in [0.15, 0.2) is 0 Å². The molecule has 0 N–H and O–H groups in total. The van der Waals surface area contributed by atoms with Crippen molar-refractivity contribution in [2.45, 2.75) is 18.9 Å². The quantitative estimate of drug-likeness (QED) is 0.352. The molecule has 2 aromatic carbocycles. The molecule has 3 rings (SSSR count). The van der Waals surface area contributed by atoms with Crippen molar-refractivity contribution in [3.8, 4) is 0 Å². The van der Waals surface area contributed by atoms with E-state index >= 15 is 0 Å². The Morgan fingerprint density at radius 1 is 1.06 bits per heavy atom. The summed E-state index contributed by atoms with van der Waals surface area (Å²) in [7, 11) is 0. The summed E-state index contributed by atoms with van der Waals surface area (Å²) < 4.78 is 79.0. The van der Waals surface area contributed by atoms with E-state index in [0.717, 1.165) is 5.01 Å². The normalized spacial score (nSPS) is 18.0. The Kier molecular flexibility index (Phi) is 5.89. The monoisotopic (exact) mass is 467 g/mol. The first kappa shape index (κ1) is 22.8. The highest BCUT2D eigenvalue weighted by molar-refractivity contribution is 6.30. The number of hydrogen-bond acceptors (Lipinski definition) is 4. The van der Waals surface area contributed by atoms with Gasteiger partial charge < -0.3 is 0 Å². The first-order chi connectivity index (χ1) is 14.3. The predicted molar refractivity (Wildman–Crippen MR) is 97.0 cm³/mol. The van der Waals surface area contributed by atoms with Crippen molar-refractivity contribution in [1.29, 1.82) is 0 Å². The number of rotatable bonds is 4. The second-order valence-corrected chi connectivity index (χ2v) is 7.11.